The Bertz CT molecular complexity index is 718. The van der Waals surface area contributed by atoms with E-state index in [-0.39, 0.29) is 0 Å². The van der Waals surface area contributed by atoms with E-state index in [0.29, 0.717) is 12.2 Å². The molecule has 0 aromatic carbocycles. The Kier molecular flexibility index (Phi) is 5.07. The van der Waals surface area contributed by atoms with Crippen molar-refractivity contribution in [1.29, 1.82) is 0 Å². The van der Waals surface area contributed by atoms with Crippen molar-refractivity contribution in [2.45, 2.75) is 13.0 Å². The summed E-state index contributed by atoms with van der Waals surface area (Å²) in [6.45, 7) is 2.24. The highest BCUT2D eigenvalue weighted by Crippen LogP contribution is 2.33. The van der Waals surface area contributed by atoms with Crippen LogP contribution in [0.5, 0.6) is 0 Å². The average molecular weight is 446 g/mol. The SMILES string of the molecule is NCCCN(Cc1cc(Br)c(Br)s1)c1nc2ncncc2[nH]1. The molecule has 0 bridgehead atoms. The van der Waals surface area contributed by atoms with Gasteiger partial charge in [-0.15, -0.1) is 11.3 Å². The third kappa shape index (κ3) is 3.48. The minimum Gasteiger partial charge on any atom is -0.337 e. The van der Waals surface area contributed by atoms with Crippen molar-refractivity contribution >= 4 is 60.3 Å². The topological polar surface area (TPSA) is 83.7 Å². The molecule has 0 aliphatic rings. The molecule has 3 N–H and O–H groups in total. The van der Waals surface area contributed by atoms with Gasteiger partial charge in [-0.1, -0.05) is 0 Å². The number of fused-ring (bicyclic) bond motifs is 1. The van der Waals surface area contributed by atoms with Gasteiger partial charge in [0.25, 0.3) is 0 Å². The van der Waals surface area contributed by atoms with Gasteiger partial charge in [0.2, 0.25) is 5.95 Å². The second-order valence-electron chi connectivity index (χ2n) is 4.72. The van der Waals surface area contributed by atoms with Crippen molar-refractivity contribution in [1.82, 2.24) is 19.9 Å². The molecule has 3 rings (SSSR count). The van der Waals surface area contributed by atoms with Crippen LogP contribution in [0, 0.1) is 0 Å². The van der Waals surface area contributed by atoms with Crippen molar-refractivity contribution in [2.75, 3.05) is 18.0 Å². The van der Waals surface area contributed by atoms with Crippen LogP contribution < -0.4 is 10.6 Å². The summed E-state index contributed by atoms with van der Waals surface area (Å²) in [5, 5.41) is 0. The molecule has 0 saturated carbocycles. The number of hydrogen-bond acceptors (Lipinski definition) is 6. The summed E-state index contributed by atoms with van der Waals surface area (Å²) in [4.78, 5) is 19.4. The summed E-state index contributed by atoms with van der Waals surface area (Å²) < 4.78 is 2.17. The summed E-state index contributed by atoms with van der Waals surface area (Å²) in [5.74, 6) is 0.796. The summed E-state index contributed by atoms with van der Waals surface area (Å²) in [7, 11) is 0. The molecule has 22 heavy (non-hydrogen) atoms. The lowest BCUT2D eigenvalue weighted by Crippen LogP contribution is -2.26. The molecule has 0 amide bonds. The number of thiophene rings is 1. The highest BCUT2D eigenvalue weighted by atomic mass is 79.9. The zero-order chi connectivity index (χ0) is 15.5. The highest BCUT2D eigenvalue weighted by molar-refractivity contribution is 9.13. The van der Waals surface area contributed by atoms with Crippen LogP contribution in [0.2, 0.25) is 0 Å². The minimum absolute atomic E-state index is 0.647. The van der Waals surface area contributed by atoms with Crippen molar-refractivity contribution < 1.29 is 0 Å². The van der Waals surface area contributed by atoms with E-state index in [1.165, 1.54) is 11.2 Å². The second-order valence-corrected chi connectivity index (χ2v) is 8.03. The number of aromatic nitrogens is 4. The van der Waals surface area contributed by atoms with Gasteiger partial charge in [-0.05, 0) is 50.9 Å². The maximum Gasteiger partial charge on any atom is 0.205 e. The van der Waals surface area contributed by atoms with Gasteiger partial charge in [0.1, 0.15) is 11.8 Å². The van der Waals surface area contributed by atoms with Crippen LogP contribution in [0.25, 0.3) is 11.2 Å². The van der Waals surface area contributed by atoms with Crippen LogP contribution >= 0.6 is 43.2 Å². The molecule has 0 spiro atoms. The van der Waals surface area contributed by atoms with Gasteiger partial charge in [-0.25, -0.2) is 9.97 Å². The van der Waals surface area contributed by atoms with E-state index in [1.54, 1.807) is 17.5 Å². The average Bonchev–Trinajstić information content (AvgIpc) is 3.07. The molecule has 0 saturated heterocycles. The summed E-state index contributed by atoms with van der Waals surface area (Å²) in [6.07, 6.45) is 4.14. The van der Waals surface area contributed by atoms with Gasteiger partial charge in [0, 0.05) is 15.9 Å². The van der Waals surface area contributed by atoms with Gasteiger partial charge < -0.3 is 15.6 Å². The maximum absolute atomic E-state index is 5.66. The summed E-state index contributed by atoms with van der Waals surface area (Å²) in [6, 6.07) is 2.12. The second kappa shape index (κ2) is 7.03. The first-order valence-electron chi connectivity index (χ1n) is 6.72. The summed E-state index contributed by atoms with van der Waals surface area (Å²) >= 11 is 8.77. The lowest BCUT2D eigenvalue weighted by Gasteiger charge is -2.20. The highest BCUT2D eigenvalue weighted by Gasteiger charge is 2.14. The Morgan fingerprint density at radius 2 is 2.23 bits per heavy atom. The monoisotopic (exact) mass is 444 g/mol. The van der Waals surface area contributed by atoms with Crippen LogP contribution in [0.15, 0.2) is 26.8 Å². The van der Waals surface area contributed by atoms with Crippen LogP contribution in [-0.2, 0) is 6.54 Å². The number of aromatic amines is 1. The Labute approximate surface area is 148 Å². The smallest absolute Gasteiger partial charge is 0.205 e. The molecule has 0 radical (unpaired) electrons. The van der Waals surface area contributed by atoms with Gasteiger partial charge in [-0.3, -0.25) is 0 Å². The molecule has 3 aromatic heterocycles. The van der Waals surface area contributed by atoms with Crippen LogP contribution in [0.3, 0.4) is 0 Å². The van der Waals surface area contributed by atoms with Gasteiger partial charge >= 0.3 is 0 Å². The van der Waals surface area contributed by atoms with Gasteiger partial charge in [0.15, 0.2) is 5.65 Å². The Balaban J connectivity index is 1.87. The van der Waals surface area contributed by atoms with E-state index < -0.39 is 0 Å². The van der Waals surface area contributed by atoms with Crippen molar-refractivity contribution in [3.8, 4) is 0 Å². The Morgan fingerprint density at radius 3 is 2.91 bits per heavy atom. The van der Waals surface area contributed by atoms with E-state index >= 15 is 0 Å². The number of hydrogen-bond donors (Lipinski definition) is 2. The fourth-order valence-electron chi connectivity index (χ4n) is 2.10. The van der Waals surface area contributed by atoms with Gasteiger partial charge in [0.05, 0.1) is 16.5 Å². The number of anilines is 1. The Morgan fingerprint density at radius 1 is 1.36 bits per heavy atom. The van der Waals surface area contributed by atoms with E-state index in [0.717, 1.165) is 39.2 Å². The lowest BCUT2D eigenvalue weighted by molar-refractivity contribution is 0.724. The molecular weight excluding hydrogens is 432 g/mol. The standard InChI is InChI=1S/C13H14Br2N6S/c14-9-4-8(22-11(9)15)6-21(3-1-2-16)13-19-10-5-17-7-18-12(10)20-13/h4-5,7H,1-3,6,16H2,(H,17,18,19,20). The quantitative estimate of drug-likeness (QED) is 0.608. The zero-order valence-corrected chi connectivity index (χ0v) is 15.6. The molecule has 6 nitrogen and oxygen atoms in total. The first-order chi connectivity index (χ1) is 10.7. The third-order valence-corrected chi connectivity index (χ3v) is 6.37. The predicted octanol–water partition coefficient (Wildman–Crippen LogP) is 3.29. The van der Waals surface area contributed by atoms with Gasteiger partial charge in [-0.2, -0.15) is 4.98 Å². The van der Waals surface area contributed by atoms with Crippen LogP contribution in [-0.4, -0.2) is 33.0 Å². The number of halogens is 2. The van der Waals surface area contributed by atoms with Crippen LogP contribution in [0.4, 0.5) is 5.95 Å². The molecule has 9 heteroatoms. The summed E-state index contributed by atoms with van der Waals surface area (Å²) in [5.41, 5.74) is 7.17. The number of nitrogens with two attached hydrogens (primary N) is 1. The fourth-order valence-corrected chi connectivity index (χ4v) is 4.29. The van der Waals surface area contributed by atoms with E-state index in [1.807, 2.05) is 0 Å². The molecule has 0 fully saturated rings. The predicted molar refractivity (Wildman–Crippen MR) is 96.1 cm³/mol. The first kappa shape index (κ1) is 15.9. The largest absolute Gasteiger partial charge is 0.337 e. The van der Waals surface area contributed by atoms with Crippen molar-refractivity contribution in [3.63, 3.8) is 0 Å². The minimum atomic E-state index is 0.647. The third-order valence-electron chi connectivity index (χ3n) is 3.12. The van der Waals surface area contributed by atoms with Crippen molar-refractivity contribution in [3.05, 3.63) is 31.7 Å². The van der Waals surface area contributed by atoms with Crippen LogP contribution in [0.1, 0.15) is 11.3 Å². The number of imidazole rings is 1. The maximum atomic E-state index is 5.66. The lowest BCUT2D eigenvalue weighted by atomic mass is 10.3. The molecule has 0 aliphatic heterocycles. The number of nitrogens with one attached hydrogen (secondary N) is 1. The molecule has 0 aliphatic carbocycles. The fraction of sp³-hybridized carbons (Fsp3) is 0.308. The van der Waals surface area contributed by atoms with E-state index in [4.69, 9.17) is 5.73 Å². The first-order valence-corrected chi connectivity index (χ1v) is 9.12. The number of rotatable bonds is 6. The molecular formula is C13H14Br2N6S. The van der Waals surface area contributed by atoms with E-state index in [9.17, 15) is 0 Å². The van der Waals surface area contributed by atoms with E-state index in [2.05, 4.69) is 62.8 Å². The molecule has 0 atom stereocenters. The molecule has 116 valence electrons. The molecule has 0 unspecified atom stereocenters. The zero-order valence-electron chi connectivity index (χ0n) is 11.6. The number of H-pyrrole nitrogens is 1. The number of nitrogens with zero attached hydrogens (tertiary/aromatic N) is 4. The molecule has 3 aromatic rings. The van der Waals surface area contributed by atoms with Crippen molar-refractivity contribution in [2.24, 2.45) is 5.73 Å². The molecule has 3 heterocycles. The normalized spacial score (nSPS) is 11.2. The Hall–Kier alpha value is -1.03.